The molecule has 0 spiro atoms. The van der Waals surface area contributed by atoms with E-state index in [1.54, 1.807) is 0 Å². The van der Waals surface area contributed by atoms with Crippen molar-refractivity contribution in [3.63, 3.8) is 0 Å². The highest BCUT2D eigenvalue weighted by atomic mass is 16.5. The number of aryl methyl sites for hydroxylation is 4. The number of rotatable bonds is 9. The van der Waals surface area contributed by atoms with E-state index < -0.39 is 0 Å². The Morgan fingerprint density at radius 1 is 0.944 bits per heavy atom. The molecule has 5 nitrogen and oxygen atoms in total. The lowest BCUT2D eigenvalue weighted by molar-refractivity contribution is -0.117. The van der Waals surface area contributed by atoms with Crippen LogP contribution >= 0.6 is 0 Å². The first-order chi connectivity index (χ1) is 17.6. The molecule has 1 fully saturated rings. The summed E-state index contributed by atoms with van der Waals surface area (Å²) in [5.74, 6) is 2.29. The maximum Gasteiger partial charge on any atom is 0.227 e. The van der Waals surface area contributed by atoms with E-state index in [1.165, 1.54) is 16.7 Å². The molecule has 186 valence electrons. The topological polar surface area (TPSA) is 47.4 Å². The molecule has 1 aliphatic rings. The average molecular weight is 482 g/mol. The Morgan fingerprint density at radius 2 is 1.69 bits per heavy atom. The molecule has 1 aliphatic heterocycles. The Kier molecular flexibility index (Phi) is 7.08. The summed E-state index contributed by atoms with van der Waals surface area (Å²) in [7, 11) is 0. The lowest BCUT2D eigenvalue weighted by Crippen LogP contribution is -2.25. The Labute approximate surface area is 213 Å². The van der Waals surface area contributed by atoms with Gasteiger partial charge in [0, 0.05) is 31.1 Å². The van der Waals surface area contributed by atoms with Crippen molar-refractivity contribution in [1.82, 2.24) is 9.55 Å². The third-order valence-electron chi connectivity index (χ3n) is 7.27. The Bertz CT molecular complexity index is 1350. The van der Waals surface area contributed by atoms with Gasteiger partial charge >= 0.3 is 0 Å². The molecule has 1 atom stereocenters. The van der Waals surface area contributed by atoms with Crippen molar-refractivity contribution in [3.05, 3.63) is 89.2 Å². The third kappa shape index (κ3) is 4.75. The lowest BCUT2D eigenvalue weighted by Gasteiger charge is -2.20. The van der Waals surface area contributed by atoms with Gasteiger partial charge in [0.25, 0.3) is 0 Å². The van der Waals surface area contributed by atoms with Gasteiger partial charge in [0.05, 0.1) is 17.6 Å². The molecule has 5 rings (SSSR count). The summed E-state index contributed by atoms with van der Waals surface area (Å²) < 4.78 is 8.46. The number of hydrogen-bond donors (Lipinski definition) is 0. The van der Waals surface area contributed by atoms with Gasteiger partial charge in [-0.05, 0) is 68.0 Å². The molecule has 1 saturated heterocycles. The summed E-state index contributed by atoms with van der Waals surface area (Å²) in [4.78, 5) is 20.1. The van der Waals surface area contributed by atoms with Crippen LogP contribution in [0.4, 0.5) is 5.69 Å². The minimum absolute atomic E-state index is 0.0840. The molecule has 5 heteroatoms. The first kappa shape index (κ1) is 24.1. The number of unbranched alkanes of at least 4 members (excludes halogenated alkanes) is 1. The fourth-order valence-electron chi connectivity index (χ4n) is 5.40. The van der Waals surface area contributed by atoms with Crippen LogP contribution in [0.2, 0.25) is 0 Å². The number of carbonyl (C=O) groups excluding carboxylic acids is 1. The molecular weight excluding hydrogens is 446 g/mol. The number of carbonyl (C=O) groups is 1. The maximum absolute atomic E-state index is 13.1. The summed E-state index contributed by atoms with van der Waals surface area (Å²) in [6.45, 7) is 8.56. The zero-order valence-electron chi connectivity index (χ0n) is 21.5. The van der Waals surface area contributed by atoms with Crippen LogP contribution in [0.5, 0.6) is 5.75 Å². The van der Waals surface area contributed by atoms with Gasteiger partial charge in [0.1, 0.15) is 11.6 Å². The van der Waals surface area contributed by atoms with Gasteiger partial charge in [-0.15, -0.1) is 0 Å². The van der Waals surface area contributed by atoms with Crippen molar-refractivity contribution in [1.29, 1.82) is 0 Å². The van der Waals surface area contributed by atoms with Crippen molar-refractivity contribution in [2.24, 2.45) is 0 Å². The molecule has 4 aromatic rings. The van der Waals surface area contributed by atoms with E-state index >= 15 is 0 Å². The molecule has 2 heterocycles. The van der Waals surface area contributed by atoms with E-state index in [4.69, 9.17) is 9.72 Å². The van der Waals surface area contributed by atoms with Gasteiger partial charge in [0.2, 0.25) is 5.91 Å². The number of hydrogen-bond acceptors (Lipinski definition) is 3. The largest absolute Gasteiger partial charge is 0.493 e. The Hall–Kier alpha value is -3.60. The highest BCUT2D eigenvalue weighted by Crippen LogP contribution is 2.35. The standard InChI is InChI=1S/C31H35N3O2/c1-4-24-14-5-7-16-27(24)34-21-25(20-29(34)35)31-32-26-15-6-8-17-28(26)33(31)18-9-10-19-36-30-22(2)12-11-13-23(30)3/h5-8,11-17,25H,4,9-10,18-21H2,1-3H3. The molecule has 0 bridgehead atoms. The molecule has 36 heavy (non-hydrogen) atoms. The summed E-state index contributed by atoms with van der Waals surface area (Å²) in [6, 6.07) is 22.8. The number of benzene rings is 3. The van der Waals surface area contributed by atoms with E-state index in [9.17, 15) is 4.79 Å². The fourth-order valence-corrected chi connectivity index (χ4v) is 5.40. The van der Waals surface area contributed by atoms with Gasteiger partial charge in [-0.25, -0.2) is 4.98 Å². The Balaban J connectivity index is 1.31. The summed E-state index contributed by atoms with van der Waals surface area (Å²) in [6.07, 6.45) is 3.35. The van der Waals surface area contributed by atoms with Gasteiger partial charge in [-0.2, -0.15) is 0 Å². The van der Waals surface area contributed by atoms with Crippen LogP contribution in [0.25, 0.3) is 11.0 Å². The van der Waals surface area contributed by atoms with Gasteiger partial charge < -0.3 is 14.2 Å². The normalized spacial score (nSPS) is 15.7. The van der Waals surface area contributed by atoms with E-state index in [0.29, 0.717) is 19.6 Å². The molecule has 0 radical (unpaired) electrons. The van der Waals surface area contributed by atoms with E-state index in [-0.39, 0.29) is 11.8 Å². The molecule has 0 aliphatic carbocycles. The molecule has 1 unspecified atom stereocenters. The second kappa shape index (κ2) is 10.6. The smallest absolute Gasteiger partial charge is 0.227 e. The number of imidazole rings is 1. The predicted octanol–water partition coefficient (Wildman–Crippen LogP) is 6.60. The number of aromatic nitrogens is 2. The number of nitrogens with zero attached hydrogens (tertiary/aromatic N) is 3. The SMILES string of the molecule is CCc1ccccc1N1CC(c2nc3ccccc3n2CCCCOc2c(C)cccc2C)CC1=O. The van der Waals surface area contributed by atoms with Crippen LogP contribution in [-0.4, -0.2) is 28.6 Å². The highest BCUT2D eigenvalue weighted by molar-refractivity contribution is 5.97. The van der Waals surface area contributed by atoms with Crippen molar-refractivity contribution < 1.29 is 9.53 Å². The minimum atomic E-state index is 0.0840. The number of anilines is 1. The van der Waals surface area contributed by atoms with Crippen LogP contribution in [0.1, 0.15) is 54.6 Å². The fraction of sp³-hybridized carbons (Fsp3) is 0.355. The van der Waals surface area contributed by atoms with E-state index in [1.807, 2.05) is 23.1 Å². The monoisotopic (exact) mass is 481 g/mol. The summed E-state index contributed by atoms with van der Waals surface area (Å²) in [5, 5.41) is 0. The molecule has 0 saturated carbocycles. The lowest BCUT2D eigenvalue weighted by atomic mass is 10.1. The summed E-state index contributed by atoms with van der Waals surface area (Å²) >= 11 is 0. The predicted molar refractivity (Wildman–Crippen MR) is 146 cm³/mol. The van der Waals surface area contributed by atoms with Crippen molar-refractivity contribution >= 4 is 22.6 Å². The minimum Gasteiger partial charge on any atom is -0.493 e. The van der Waals surface area contributed by atoms with Crippen LogP contribution in [0.3, 0.4) is 0 Å². The quantitative estimate of drug-likeness (QED) is 0.253. The molecule has 0 N–H and O–H groups in total. The van der Waals surface area contributed by atoms with Crippen LogP contribution in [0, 0.1) is 13.8 Å². The molecule has 3 aromatic carbocycles. The highest BCUT2D eigenvalue weighted by Gasteiger charge is 2.35. The third-order valence-corrected chi connectivity index (χ3v) is 7.27. The summed E-state index contributed by atoms with van der Waals surface area (Å²) in [5.41, 5.74) is 6.75. The van der Waals surface area contributed by atoms with Gasteiger partial charge in [-0.3, -0.25) is 4.79 Å². The van der Waals surface area contributed by atoms with Crippen molar-refractivity contribution in [2.45, 2.75) is 58.9 Å². The average Bonchev–Trinajstić information content (AvgIpc) is 3.45. The maximum atomic E-state index is 13.1. The van der Waals surface area contributed by atoms with E-state index in [2.05, 4.69) is 73.9 Å². The van der Waals surface area contributed by atoms with Crippen LogP contribution in [-0.2, 0) is 17.8 Å². The second-order valence-corrected chi connectivity index (χ2v) is 9.77. The second-order valence-electron chi connectivity index (χ2n) is 9.77. The van der Waals surface area contributed by atoms with E-state index in [0.717, 1.165) is 54.1 Å². The van der Waals surface area contributed by atoms with Crippen molar-refractivity contribution in [3.8, 4) is 5.75 Å². The van der Waals surface area contributed by atoms with Crippen LogP contribution in [0.15, 0.2) is 66.7 Å². The first-order valence-corrected chi connectivity index (χ1v) is 13.1. The van der Waals surface area contributed by atoms with Crippen molar-refractivity contribution in [2.75, 3.05) is 18.1 Å². The van der Waals surface area contributed by atoms with Gasteiger partial charge in [-0.1, -0.05) is 55.5 Å². The number of amides is 1. The number of para-hydroxylation sites is 4. The van der Waals surface area contributed by atoms with Gasteiger partial charge in [0.15, 0.2) is 0 Å². The Morgan fingerprint density at radius 3 is 2.50 bits per heavy atom. The zero-order chi connectivity index (χ0) is 25.1. The molecule has 1 amide bonds. The number of ether oxygens (including phenoxy) is 1. The first-order valence-electron chi connectivity index (χ1n) is 13.1. The molecule has 1 aromatic heterocycles. The number of fused-ring (bicyclic) bond motifs is 1. The zero-order valence-corrected chi connectivity index (χ0v) is 21.5. The molecular formula is C31H35N3O2. The van der Waals surface area contributed by atoms with Crippen LogP contribution < -0.4 is 9.64 Å².